The summed E-state index contributed by atoms with van der Waals surface area (Å²) in [5.41, 5.74) is -0.872. The van der Waals surface area contributed by atoms with Crippen LogP contribution in [0.3, 0.4) is 0 Å². The molecule has 0 aliphatic carbocycles. The quantitative estimate of drug-likeness (QED) is 0.542. The molecule has 0 unspecified atom stereocenters. The highest BCUT2D eigenvalue weighted by Gasteiger charge is 2.35. The lowest BCUT2D eigenvalue weighted by Gasteiger charge is -2.41. The number of quaternary nitrogens is 1. The van der Waals surface area contributed by atoms with E-state index in [1.165, 1.54) is 6.92 Å². The van der Waals surface area contributed by atoms with Crippen LogP contribution in [0, 0.1) is 0 Å². The number of nitrogens with zero attached hydrogens (tertiary/aromatic N) is 1. The smallest absolute Gasteiger partial charge is 0.219 e. The van der Waals surface area contributed by atoms with Crippen molar-refractivity contribution in [2.24, 2.45) is 0 Å². The number of aliphatic carboxylic acids is 1. The van der Waals surface area contributed by atoms with Crippen molar-refractivity contribution in [3.8, 4) is 0 Å². The fourth-order valence-corrected chi connectivity index (χ4v) is 1.86. The first-order valence-electron chi connectivity index (χ1n) is 5.18. The predicted molar refractivity (Wildman–Crippen MR) is 52.0 cm³/mol. The van der Waals surface area contributed by atoms with Gasteiger partial charge in [0.1, 0.15) is 11.5 Å². The van der Waals surface area contributed by atoms with Gasteiger partial charge in [0, 0.05) is 6.92 Å². The Labute approximate surface area is 89.7 Å². The second-order valence-electron chi connectivity index (χ2n) is 4.52. The normalized spacial score (nSPS) is 19.0. The Morgan fingerprint density at radius 1 is 1.27 bits per heavy atom. The van der Waals surface area contributed by atoms with E-state index < -0.39 is 11.5 Å². The molecule has 1 heterocycles. The summed E-state index contributed by atoms with van der Waals surface area (Å²) >= 11 is 0. The number of nitrogens with one attached hydrogen (secondary N) is 1. The Bertz CT molecular complexity index is 268. The number of piperazine rings is 1. The molecule has 0 bridgehead atoms. The van der Waals surface area contributed by atoms with Gasteiger partial charge in [0.15, 0.2) is 0 Å². The number of hydrogen-bond acceptors (Lipinski definition) is 3. The lowest BCUT2D eigenvalue weighted by atomic mass is 10.0. The molecule has 86 valence electrons. The van der Waals surface area contributed by atoms with E-state index in [-0.39, 0.29) is 5.91 Å². The minimum atomic E-state index is -1.03. The van der Waals surface area contributed by atoms with Crippen molar-refractivity contribution in [2.75, 3.05) is 26.2 Å². The molecule has 1 fully saturated rings. The molecule has 5 heteroatoms. The standard InChI is InChI=1S/C10H18N2O3/c1-8(13)11-4-6-12(7-5-11)10(2,3)9(14)15/h4-7H2,1-3H3,(H,14,15). The third-order valence-electron chi connectivity index (χ3n) is 3.21. The van der Waals surface area contributed by atoms with Crippen LogP contribution < -0.4 is 10.0 Å². The molecule has 0 aromatic rings. The second-order valence-corrected chi connectivity index (χ2v) is 4.52. The van der Waals surface area contributed by atoms with E-state index in [9.17, 15) is 14.7 Å². The molecule has 5 nitrogen and oxygen atoms in total. The maximum atomic E-state index is 11.1. The SMILES string of the molecule is CC(=O)N1CC[NH+](C(C)(C)C(=O)[O-])CC1. The van der Waals surface area contributed by atoms with Crippen molar-refractivity contribution >= 4 is 11.9 Å². The number of carbonyl (C=O) groups excluding carboxylic acids is 2. The largest absolute Gasteiger partial charge is 0.544 e. The average Bonchev–Trinajstić information content (AvgIpc) is 2.17. The molecule has 0 aromatic heterocycles. The summed E-state index contributed by atoms with van der Waals surface area (Å²) in [6.07, 6.45) is 0. The van der Waals surface area contributed by atoms with Gasteiger partial charge in [0.2, 0.25) is 5.91 Å². The molecule has 0 spiro atoms. The zero-order valence-corrected chi connectivity index (χ0v) is 9.50. The highest BCUT2D eigenvalue weighted by atomic mass is 16.4. The van der Waals surface area contributed by atoms with Gasteiger partial charge in [0.05, 0.1) is 26.2 Å². The van der Waals surface area contributed by atoms with Crippen molar-refractivity contribution in [1.82, 2.24) is 4.90 Å². The summed E-state index contributed by atoms with van der Waals surface area (Å²) in [7, 11) is 0. The maximum absolute atomic E-state index is 11.1. The third kappa shape index (κ3) is 2.47. The zero-order chi connectivity index (χ0) is 11.6. The summed E-state index contributed by atoms with van der Waals surface area (Å²) in [6, 6.07) is 0. The van der Waals surface area contributed by atoms with Crippen LogP contribution in [0.1, 0.15) is 20.8 Å². The van der Waals surface area contributed by atoms with Crippen molar-refractivity contribution in [3.05, 3.63) is 0 Å². The predicted octanol–water partition coefficient (Wildman–Crippen LogP) is -2.74. The van der Waals surface area contributed by atoms with Crippen LogP contribution in [0.2, 0.25) is 0 Å². The van der Waals surface area contributed by atoms with E-state index in [4.69, 9.17) is 0 Å². The number of carboxylic acid groups (broad SMARTS) is 1. The molecular weight excluding hydrogens is 196 g/mol. The Hall–Kier alpha value is -1.10. The Kier molecular flexibility index (Phi) is 3.34. The van der Waals surface area contributed by atoms with Gasteiger partial charge in [-0.3, -0.25) is 4.79 Å². The van der Waals surface area contributed by atoms with Crippen molar-refractivity contribution in [1.29, 1.82) is 0 Å². The van der Waals surface area contributed by atoms with Gasteiger partial charge in [-0.2, -0.15) is 0 Å². The Balaban J connectivity index is 2.57. The van der Waals surface area contributed by atoms with Crippen LogP contribution in [0.25, 0.3) is 0 Å². The molecule has 0 aromatic carbocycles. The first kappa shape index (κ1) is 12.0. The zero-order valence-electron chi connectivity index (χ0n) is 9.50. The van der Waals surface area contributed by atoms with Gasteiger partial charge >= 0.3 is 0 Å². The number of rotatable bonds is 2. The van der Waals surface area contributed by atoms with E-state index in [2.05, 4.69) is 0 Å². The molecule has 1 saturated heterocycles. The van der Waals surface area contributed by atoms with Crippen molar-refractivity contribution < 1.29 is 19.6 Å². The highest BCUT2D eigenvalue weighted by Crippen LogP contribution is 1.97. The van der Waals surface area contributed by atoms with Gasteiger partial charge in [-0.1, -0.05) is 0 Å². The van der Waals surface area contributed by atoms with Crippen LogP contribution >= 0.6 is 0 Å². The average molecular weight is 214 g/mol. The first-order valence-corrected chi connectivity index (χ1v) is 5.18. The fraction of sp³-hybridized carbons (Fsp3) is 0.800. The van der Waals surface area contributed by atoms with Crippen molar-refractivity contribution in [2.45, 2.75) is 26.3 Å². The summed E-state index contributed by atoms with van der Waals surface area (Å²) in [6.45, 7) is 7.46. The molecule has 0 saturated carbocycles. The Morgan fingerprint density at radius 3 is 2.07 bits per heavy atom. The first-order chi connectivity index (χ1) is 6.85. The molecule has 1 amide bonds. The van der Waals surface area contributed by atoms with Crippen LogP contribution in [0.4, 0.5) is 0 Å². The number of carboxylic acids is 1. The van der Waals surface area contributed by atoms with Gasteiger partial charge in [-0.25, -0.2) is 0 Å². The topological polar surface area (TPSA) is 64.9 Å². The molecule has 15 heavy (non-hydrogen) atoms. The highest BCUT2D eigenvalue weighted by molar-refractivity contribution is 5.74. The molecular formula is C10H18N2O3. The van der Waals surface area contributed by atoms with E-state index in [0.29, 0.717) is 26.2 Å². The minimum Gasteiger partial charge on any atom is -0.544 e. The van der Waals surface area contributed by atoms with Crippen LogP contribution in [-0.4, -0.2) is 48.5 Å². The molecule has 0 atom stereocenters. The van der Waals surface area contributed by atoms with Crippen molar-refractivity contribution in [3.63, 3.8) is 0 Å². The summed E-state index contributed by atoms with van der Waals surface area (Å²) in [5.74, 6) is -0.978. The van der Waals surface area contributed by atoms with Crippen LogP contribution in [-0.2, 0) is 9.59 Å². The summed E-state index contributed by atoms with van der Waals surface area (Å²) in [5, 5.41) is 10.9. The lowest BCUT2D eigenvalue weighted by Crippen LogP contribution is -3.23. The number of hydrogen-bond donors (Lipinski definition) is 1. The second kappa shape index (κ2) is 4.18. The molecule has 1 rings (SSSR count). The van der Waals surface area contributed by atoms with Crippen LogP contribution in [0.5, 0.6) is 0 Å². The third-order valence-corrected chi connectivity index (χ3v) is 3.21. The van der Waals surface area contributed by atoms with Gasteiger partial charge in [-0.05, 0) is 13.8 Å². The molecule has 1 aliphatic rings. The summed E-state index contributed by atoms with van der Waals surface area (Å²) in [4.78, 5) is 24.7. The molecule has 1 aliphatic heterocycles. The van der Waals surface area contributed by atoms with Gasteiger partial charge in [-0.15, -0.1) is 0 Å². The van der Waals surface area contributed by atoms with E-state index in [1.54, 1.807) is 18.7 Å². The molecule has 0 radical (unpaired) electrons. The number of carbonyl (C=O) groups is 2. The van der Waals surface area contributed by atoms with Gasteiger partial charge < -0.3 is 19.7 Å². The van der Waals surface area contributed by atoms with E-state index >= 15 is 0 Å². The fourth-order valence-electron chi connectivity index (χ4n) is 1.86. The molecule has 1 N–H and O–H groups in total. The number of amides is 1. The summed E-state index contributed by atoms with van der Waals surface area (Å²) < 4.78 is 0. The van der Waals surface area contributed by atoms with Crippen LogP contribution in [0.15, 0.2) is 0 Å². The lowest BCUT2D eigenvalue weighted by molar-refractivity contribution is -0.944. The van der Waals surface area contributed by atoms with E-state index in [0.717, 1.165) is 4.90 Å². The van der Waals surface area contributed by atoms with Gasteiger partial charge in [0.25, 0.3) is 0 Å². The van der Waals surface area contributed by atoms with E-state index in [1.807, 2.05) is 0 Å². The monoisotopic (exact) mass is 214 g/mol. The minimum absolute atomic E-state index is 0.0558. The maximum Gasteiger partial charge on any atom is 0.219 e. The Morgan fingerprint density at radius 2 is 1.73 bits per heavy atom.